The lowest BCUT2D eigenvalue weighted by atomic mass is 9.80. The first-order valence-electron chi connectivity index (χ1n) is 12.8. The van der Waals surface area contributed by atoms with Crippen molar-refractivity contribution in [1.82, 2.24) is 0 Å². The molecule has 2 aromatic carbocycles. The van der Waals surface area contributed by atoms with Gasteiger partial charge in [0, 0.05) is 23.9 Å². The number of nitrogen functional groups attached to an aromatic ring is 2. The van der Waals surface area contributed by atoms with Crippen LogP contribution in [0.4, 0.5) is 11.4 Å². The van der Waals surface area contributed by atoms with Crippen molar-refractivity contribution in [1.29, 1.82) is 0 Å². The van der Waals surface area contributed by atoms with Gasteiger partial charge < -0.3 is 25.7 Å². The van der Waals surface area contributed by atoms with E-state index in [0.29, 0.717) is 29.3 Å². The summed E-state index contributed by atoms with van der Waals surface area (Å²) in [6.07, 6.45) is 11.3. The van der Waals surface area contributed by atoms with Crippen LogP contribution in [0.15, 0.2) is 48.5 Å². The lowest BCUT2D eigenvalue weighted by Gasteiger charge is -2.28. The molecule has 0 aliphatic heterocycles. The second-order valence-electron chi connectivity index (χ2n) is 9.43. The summed E-state index contributed by atoms with van der Waals surface area (Å²) >= 11 is 0. The summed E-state index contributed by atoms with van der Waals surface area (Å²) in [6.45, 7) is 3.29. The fraction of sp³-hybridized carbons (Fsp3) is 0.448. The number of hydrogen-bond acceptors (Lipinski definition) is 7. The van der Waals surface area contributed by atoms with Crippen LogP contribution in [0.25, 0.3) is 6.08 Å². The number of ether oxygens (including phenoxy) is 3. The van der Waals surface area contributed by atoms with Gasteiger partial charge in [-0.15, -0.1) is 0 Å². The highest BCUT2D eigenvalue weighted by Crippen LogP contribution is 2.32. The van der Waals surface area contributed by atoms with Gasteiger partial charge >= 0.3 is 11.9 Å². The van der Waals surface area contributed by atoms with Crippen molar-refractivity contribution in [3.63, 3.8) is 0 Å². The molecule has 0 unspecified atom stereocenters. The van der Waals surface area contributed by atoms with Gasteiger partial charge in [-0.3, -0.25) is 0 Å². The molecular weight excluding hydrogens is 456 g/mol. The fourth-order valence-corrected chi connectivity index (χ4v) is 4.47. The molecule has 1 saturated carbocycles. The molecule has 0 aromatic heterocycles. The van der Waals surface area contributed by atoms with Gasteiger partial charge in [0.25, 0.3) is 0 Å². The molecule has 0 spiro atoms. The van der Waals surface area contributed by atoms with Crippen molar-refractivity contribution in [2.75, 3.05) is 31.3 Å². The van der Waals surface area contributed by atoms with Gasteiger partial charge in [0.2, 0.25) is 0 Å². The van der Waals surface area contributed by atoms with Crippen molar-refractivity contribution < 1.29 is 23.8 Å². The minimum Gasteiger partial charge on any atom is -0.493 e. The van der Waals surface area contributed by atoms with E-state index in [-0.39, 0.29) is 13.2 Å². The summed E-state index contributed by atoms with van der Waals surface area (Å²) in [6, 6.07) is 12.3. The third kappa shape index (κ3) is 9.29. The molecular formula is C29H38N2O5. The zero-order valence-electron chi connectivity index (χ0n) is 21.1. The highest BCUT2D eigenvalue weighted by atomic mass is 16.5. The van der Waals surface area contributed by atoms with Crippen LogP contribution in [0.1, 0.15) is 67.8 Å². The summed E-state index contributed by atoms with van der Waals surface area (Å²) in [5, 5.41) is 0. The molecule has 1 aliphatic rings. The average molecular weight is 495 g/mol. The second kappa shape index (κ2) is 14.2. The Hall–Kier alpha value is -3.48. The number of carbonyl (C=O) groups excluding carboxylic acids is 2. The molecule has 0 radical (unpaired) electrons. The zero-order valence-corrected chi connectivity index (χ0v) is 21.1. The van der Waals surface area contributed by atoms with Gasteiger partial charge in [0.1, 0.15) is 5.75 Å². The Morgan fingerprint density at radius 3 is 2.22 bits per heavy atom. The van der Waals surface area contributed by atoms with E-state index >= 15 is 0 Å². The lowest BCUT2D eigenvalue weighted by Crippen LogP contribution is -2.20. The molecule has 1 aliphatic carbocycles. The van der Waals surface area contributed by atoms with E-state index in [1.165, 1.54) is 56.7 Å². The van der Waals surface area contributed by atoms with Gasteiger partial charge in [-0.1, -0.05) is 44.7 Å². The van der Waals surface area contributed by atoms with Crippen LogP contribution in [-0.2, 0) is 14.3 Å². The van der Waals surface area contributed by atoms with Crippen LogP contribution in [-0.4, -0.2) is 31.8 Å². The van der Waals surface area contributed by atoms with Crippen LogP contribution in [0.5, 0.6) is 5.75 Å². The monoisotopic (exact) mass is 494 g/mol. The summed E-state index contributed by atoms with van der Waals surface area (Å²) in [7, 11) is 0. The Morgan fingerprint density at radius 1 is 0.917 bits per heavy atom. The number of hydrogen-bond donors (Lipinski definition) is 2. The maximum atomic E-state index is 12.0. The average Bonchev–Trinajstić information content (AvgIpc) is 2.87. The van der Waals surface area contributed by atoms with Crippen molar-refractivity contribution in [3.05, 3.63) is 59.7 Å². The predicted molar refractivity (Wildman–Crippen MR) is 142 cm³/mol. The topological polar surface area (TPSA) is 114 Å². The van der Waals surface area contributed by atoms with Crippen LogP contribution in [0.2, 0.25) is 0 Å². The number of carbonyl (C=O) groups is 2. The summed E-state index contributed by atoms with van der Waals surface area (Å²) in [5.41, 5.74) is 13.3. The molecule has 0 saturated heterocycles. The van der Waals surface area contributed by atoms with Crippen molar-refractivity contribution in [2.24, 2.45) is 11.8 Å². The number of rotatable bonds is 12. The molecule has 36 heavy (non-hydrogen) atoms. The Bertz CT molecular complexity index is 991. The van der Waals surface area contributed by atoms with E-state index in [0.717, 1.165) is 23.8 Å². The van der Waals surface area contributed by atoms with Gasteiger partial charge in [-0.25, -0.2) is 9.59 Å². The van der Waals surface area contributed by atoms with E-state index in [9.17, 15) is 9.59 Å². The molecule has 0 atom stereocenters. The SMILES string of the molecule is CCCC1CCC(COc2ccc(C=CC(=O)OCCCOC(=O)c3cc(N)cc(N)c3)cc2)CC1. The molecule has 0 amide bonds. The van der Waals surface area contributed by atoms with E-state index in [1.807, 2.05) is 24.3 Å². The molecule has 7 nitrogen and oxygen atoms in total. The number of benzene rings is 2. The molecule has 1 fully saturated rings. The molecule has 2 aromatic rings. The Kier molecular flexibility index (Phi) is 10.7. The molecule has 194 valence electrons. The molecule has 4 N–H and O–H groups in total. The summed E-state index contributed by atoms with van der Waals surface area (Å²) in [5.74, 6) is 1.42. The number of anilines is 2. The highest BCUT2D eigenvalue weighted by Gasteiger charge is 2.21. The normalized spacial score (nSPS) is 17.6. The molecule has 0 heterocycles. The van der Waals surface area contributed by atoms with Gasteiger partial charge in [-0.2, -0.15) is 0 Å². The van der Waals surface area contributed by atoms with Gasteiger partial charge in [0.05, 0.1) is 25.4 Å². The van der Waals surface area contributed by atoms with E-state index < -0.39 is 11.9 Å². The van der Waals surface area contributed by atoms with E-state index in [4.69, 9.17) is 25.7 Å². The maximum absolute atomic E-state index is 12.0. The molecule has 0 bridgehead atoms. The van der Waals surface area contributed by atoms with Crippen LogP contribution in [0.3, 0.4) is 0 Å². The van der Waals surface area contributed by atoms with Crippen molar-refractivity contribution in [3.8, 4) is 5.75 Å². The first-order valence-corrected chi connectivity index (χ1v) is 12.8. The zero-order chi connectivity index (χ0) is 25.8. The van der Waals surface area contributed by atoms with Crippen molar-refractivity contribution >= 4 is 29.4 Å². The summed E-state index contributed by atoms with van der Waals surface area (Å²) < 4.78 is 16.3. The maximum Gasteiger partial charge on any atom is 0.338 e. The highest BCUT2D eigenvalue weighted by molar-refractivity contribution is 5.91. The Labute approximate surface area is 213 Å². The van der Waals surface area contributed by atoms with Gasteiger partial charge in [0.15, 0.2) is 0 Å². The number of esters is 2. The van der Waals surface area contributed by atoms with E-state index in [1.54, 1.807) is 12.1 Å². The standard InChI is InChI=1S/C29H38N2O5/c1-2-4-21-5-7-23(8-6-21)20-36-27-12-9-22(10-13-27)11-14-28(32)34-15-3-16-35-29(33)24-17-25(30)19-26(31)18-24/h9-14,17-19,21,23H,2-8,15-16,20,30-31H2,1H3. The first kappa shape index (κ1) is 27.1. The minimum absolute atomic E-state index is 0.117. The summed E-state index contributed by atoms with van der Waals surface area (Å²) in [4.78, 5) is 24.0. The second-order valence-corrected chi connectivity index (χ2v) is 9.43. The van der Waals surface area contributed by atoms with Gasteiger partial charge in [-0.05, 0) is 66.6 Å². The third-order valence-electron chi connectivity index (χ3n) is 6.42. The first-order chi connectivity index (χ1) is 17.4. The Morgan fingerprint density at radius 2 is 1.56 bits per heavy atom. The largest absolute Gasteiger partial charge is 0.493 e. The predicted octanol–water partition coefficient (Wildman–Crippen LogP) is 5.64. The van der Waals surface area contributed by atoms with Crippen LogP contribution in [0, 0.1) is 11.8 Å². The lowest BCUT2D eigenvalue weighted by molar-refractivity contribution is -0.137. The number of nitrogens with two attached hydrogens (primary N) is 2. The molecule has 7 heteroatoms. The van der Waals surface area contributed by atoms with Crippen LogP contribution < -0.4 is 16.2 Å². The third-order valence-corrected chi connectivity index (χ3v) is 6.42. The van der Waals surface area contributed by atoms with Crippen LogP contribution >= 0.6 is 0 Å². The minimum atomic E-state index is -0.521. The molecule has 3 rings (SSSR count). The smallest absolute Gasteiger partial charge is 0.338 e. The van der Waals surface area contributed by atoms with E-state index in [2.05, 4.69) is 6.92 Å². The quantitative estimate of drug-likeness (QED) is 0.170. The van der Waals surface area contributed by atoms with Crippen molar-refractivity contribution in [2.45, 2.75) is 51.9 Å². The fourth-order valence-electron chi connectivity index (χ4n) is 4.47. The Balaban J connectivity index is 1.30.